The standard InChI is InChI=1S/C21H22ClFN2O2/c22-19-6-3-7-20(23)18(19)8-9-21(26)24-14-16-4-1-2-5-17(16)15-25-10-12-27-13-11-25/h1-9H,10-15H2,(H,24,26)/p+1/b9-8+. The zero-order valence-electron chi connectivity index (χ0n) is 15.0. The molecule has 1 saturated heterocycles. The predicted octanol–water partition coefficient (Wildman–Crippen LogP) is 2.22. The summed E-state index contributed by atoms with van der Waals surface area (Å²) in [7, 11) is 0. The highest BCUT2D eigenvalue weighted by Crippen LogP contribution is 2.20. The van der Waals surface area contributed by atoms with Crippen molar-refractivity contribution in [3.8, 4) is 0 Å². The zero-order valence-corrected chi connectivity index (χ0v) is 15.8. The van der Waals surface area contributed by atoms with Crippen LogP contribution in [0.1, 0.15) is 16.7 Å². The van der Waals surface area contributed by atoms with Crippen LogP contribution in [0.2, 0.25) is 5.02 Å². The molecule has 0 aliphatic carbocycles. The van der Waals surface area contributed by atoms with Crippen molar-refractivity contribution in [3.63, 3.8) is 0 Å². The maximum absolute atomic E-state index is 13.7. The molecule has 0 bridgehead atoms. The highest BCUT2D eigenvalue weighted by molar-refractivity contribution is 6.32. The van der Waals surface area contributed by atoms with Gasteiger partial charge in [-0.15, -0.1) is 0 Å². The van der Waals surface area contributed by atoms with E-state index in [1.54, 1.807) is 6.07 Å². The smallest absolute Gasteiger partial charge is 0.244 e. The lowest BCUT2D eigenvalue weighted by Crippen LogP contribution is -3.12. The Morgan fingerprint density at radius 1 is 1.15 bits per heavy atom. The molecule has 1 fully saturated rings. The molecule has 1 amide bonds. The van der Waals surface area contributed by atoms with Crippen molar-refractivity contribution < 1.29 is 18.8 Å². The number of halogens is 2. The van der Waals surface area contributed by atoms with Crippen molar-refractivity contribution in [3.05, 3.63) is 76.1 Å². The molecule has 2 N–H and O–H groups in total. The maximum atomic E-state index is 13.7. The van der Waals surface area contributed by atoms with Gasteiger partial charge in [0.25, 0.3) is 0 Å². The van der Waals surface area contributed by atoms with E-state index in [0.29, 0.717) is 6.54 Å². The summed E-state index contributed by atoms with van der Waals surface area (Å²) in [5, 5.41) is 3.14. The summed E-state index contributed by atoms with van der Waals surface area (Å²) in [4.78, 5) is 13.6. The Labute approximate surface area is 163 Å². The molecule has 0 spiro atoms. The largest absolute Gasteiger partial charge is 0.370 e. The van der Waals surface area contributed by atoms with E-state index in [9.17, 15) is 9.18 Å². The second-order valence-corrected chi connectivity index (χ2v) is 6.90. The average Bonchev–Trinajstić information content (AvgIpc) is 2.68. The minimum Gasteiger partial charge on any atom is -0.370 e. The average molecular weight is 390 g/mol. The molecular formula is C21H23ClFN2O2+. The molecule has 142 valence electrons. The van der Waals surface area contributed by atoms with Crippen LogP contribution in [-0.2, 0) is 22.6 Å². The molecule has 1 aliphatic heterocycles. The zero-order chi connectivity index (χ0) is 19.1. The van der Waals surface area contributed by atoms with Crippen molar-refractivity contribution in [2.75, 3.05) is 26.3 Å². The number of hydrogen-bond donors (Lipinski definition) is 2. The number of hydrogen-bond acceptors (Lipinski definition) is 2. The quantitative estimate of drug-likeness (QED) is 0.744. The number of carbonyl (C=O) groups excluding carboxylic acids is 1. The number of benzene rings is 2. The first kappa shape index (κ1) is 19.5. The summed E-state index contributed by atoms with van der Waals surface area (Å²) in [6.07, 6.45) is 2.71. The van der Waals surface area contributed by atoms with Gasteiger partial charge >= 0.3 is 0 Å². The third-order valence-corrected chi connectivity index (χ3v) is 4.94. The van der Waals surface area contributed by atoms with E-state index in [2.05, 4.69) is 11.4 Å². The van der Waals surface area contributed by atoms with Gasteiger partial charge in [-0.05, 0) is 23.8 Å². The molecule has 0 aromatic heterocycles. The normalized spacial score (nSPS) is 15.2. The Morgan fingerprint density at radius 3 is 2.63 bits per heavy atom. The van der Waals surface area contributed by atoms with Gasteiger partial charge in [0.15, 0.2) is 0 Å². The van der Waals surface area contributed by atoms with Crippen LogP contribution < -0.4 is 10.2 Å². The minimum atomic E-state index is -0.453. The number of quaternary nitrogens is 1. The molecule has 27 heavy (non-hydrogen) atoms. The molecule has 0 atom stereocenters. The van der Waals surface area contributed by atoms with Crippen LogP contribution in [-0.4, -0.2) is 32.2 Å². The van der Waals surface area contributed by atoms with Crippen molar-refractivity contribution in [1.29, 1.82) is 0 Å². The third-order valence-electron chi connectivity index (χ3n) is 4.61. The van der Waals surface area contributed by atoms with E-state index in [4.69, 9.17) is 16.3 Å². The highest BCUT2D eigenvalue weighted by Gasteiger charge is 2.16. The molecule has 0 unspecified atom stereocenters. The van der Waals surface area contributed by atoms with Gasteiger partial charge in [0.05, 0.1) is 18.2 Å². The molecule has 1 heterocycles. The third kappa shape index (κ3) is 5.63. The van der Waals surface area contributed by atoms with E-state index in [-0.39, 0.29) is 16.5 Å². The summed E-state index contributed by atoms with van der Waals surface area (Å²) in [5.74, 6) is -0.742. The molecular weight excluding hydrogens is 367 g/mol. The fourth-order valence-corrected chi connectivity index (χ4v) is 3.30. The Balaban J connectivity index is 1.59. The summed E-state index contributed by atoms with van der Waals surface area (Å²) < 4.78 is 19.2. The van der Waals surface area contributed by atoms with Crippen LogP contribution in [0.4, 0.5) is 4.39 Å². The monoisotopic (exact) mass is 389 g/mol. The number of rotatable bonds is 6. The summed E-state index contributed by atoms with van der Waals surface area (Å²) >= 11 is 5.97. The van der Waals surface area contributed by atoms with E-state index >= 15 is 0 Å². The SMILES string of the molecule is O=C(/C=C/c1c(F)cccc1Cl)NCc1ccccc1C[NH+]1CCOCC1. The summed E-state index contributed by atoms with van der Waals surface area (Å²) in [5.41, 5.74) is 2.52. The van der Waals surface area contributed by atoms with E-state index in [1.165, 1.54) is 34.7 Å². The molecule has 1 aliphatic rings. The number of ether oxygens (including phenoxy) is 1. The van der Waals surface area contributed by atoms with Crippen molar-refractivity contribution in [1.82, 2.24) is 5.32 Å². The van der Waals surface area contributed by atoms with Gasteiger partial charge < -0.3 is 15.0 Å². The lowest BCUT2D eigenvalue weighted by Gasteiger charge is -2.24. The number of nitrogens with one attached hydrogen (secondary N) is 2. The van der Waals surface area contributed by atoms with Crippen molar-refractivity contribution in [2.24, 2.45) is 0 Å². The molecule has 3 rings (SSSR count). The topological polar surface area (TPSA) is 42.8 Å². The Bertz CT molecular complexity index is 799. The van der Waals surface area contributed by atoms with Gasteiger partial charge in [0.2, 0.25) is 5.91 Å². The van der Waals surface area contributed by atoms with Gasteiger partial charge in [-0.3, -0.25) is 4.79 Å². The first-order chi connectivity index (χ1) is 13.1. The number of carbonyl (C=O) groups is 1. The first-order valence-electron chi connectivity index (χ1n) is 9.01. The van der Waals surface area contributed by atoms with Crippen LogP contribution in [0.3, 0.4) is 0 Å². The van der Waals surface area contributed by atoms with Crippen LogP contribution in [0.15, 0.2) is 48.5 Å². The second kappa shape index (κ2) is 9.65. The van der Waals surface area contributed by atoms with Crippen molar-refractivity contribution in [2.45, 2.75) is 13.1 Å². The summed E-state index contributed by atoms with van der Waals surface area (Å²) in [6, 6.07) is 12.5. The molecule has 2 aromatic rings. The Hall–Kier alpha value is -2.21. The fourth-order valence-electron chi connectivity index (χ4n) is 3.08. The highest BCUT2D eigenvalue weighted by atomic mass is 35.5. The lowest BCUT2D eigenvalue weighted by atomic mass is 10.1. The maximum Gasteiger partial charge on any atom is 0.244 e. The van der Waals surface area contributed by atoms with Gasteiger partial charge in [-0.2, -0.15) is 0 Å². The van der Waals surface area contributed by atoms with E-state index in [0.717, 1.165) is 38.4 Å². The Kier molecular flexibility index (Phi) is 6.98. The predicted molar refractivity (Wildman–Crippen MR) is 104 cm³/mol. The van der Waals surface area contributed by atoms with Gasteiger partial charge in [-0.1, -0.05) is 41.9 Å². The van der Waals surface area contributed by atoms with Gasteiger partial charge in [0.1, 0.15) is 25.5 Å². The van der Waals surface area contributed by atoms with Gasteiger partial charge in [0, 0.05) is 23.7 Å². The van der Waals surface area contributed by atoms with E-state index < -0.39 is 5.82 Å². The molecule has 0 saturated carbocycles. The minimum absolute atomic E-state index is 0.214. The van der Waals surface area contributed by atoms with Crippen LogP contribution in [0, 0.1) is 5.82 Å². The summed E-state index contributed by atoms with van der Waals surface area (Å²) in [6.45, 7) is 4.90. The number of morpholine rings is 1. The van der Waals surface area contributed by atoms with Crippen LogP contribution >= 0.6 is 11.6 Å². The molecule has 4 nitrogen and oxygen atoms in total. The molecule has 6 heteroatoms. The van der Waals surface area contributed by atoms with Crippen LogP contribution in [0.25, 0.3) is 6.08 Å². The molecule has 2 aromatic carbocycles. The van der Waals surface area contributed by atoms with E-state index in [1.807, 2.05) is 18.2 Å². The number of amides is 1. The second-order valence-electron chi connectivity index (χ2n) is 6.49. The Morgan fingerprint density at radius 2 is 1.89 bits per heavy atom. The van der Waals surface area contributed by atoms with Gasteiger partial charge in [-0.25, -0.2) is 4.39 Å². The molecule has 0 radical (unpaired) electrons. The van der Waals surface area contributed by atoms with Crippen molar-refractivity contribution >= 4 is 23.6 Å². The lowest BCUT2D eigenvalue weighted by molar-refractivity contribution is -0.921. The fraction of sp³-hybridized carbons (Fsp3) is 0.286. The van der Waals surface area contributed by atoms with Crippen LogP contribution in [0.5, 0.6) is 0 Å². The first-order valence-corrected chi connectivity index (χ1v) is 9.39.